The van der Waals surface area contributed by atoms with Gasteiger partial charge in [-0.1, -0.05) is 139 Å². The first-order valence-corrected chi connectivity index (χ1v) is 10.6. The van der Waals surface area contributed by atoms with Crippen LogP contribution >= 0.6 is 0 Å². The first kappa shape index (κ1) is 7.91. The molecule has 0 unspecified atom stereocenters. The highest BCUT2D eigenvalue weighted by Gasteiger charge is 2.16. The number of benzene rings is 7. The highest BCUT2D eigenvalue weighted by Crippen LogP contribution is 2.43. The zero-order valence-corrected chi connectivity index (χ0v) is 18.1. The Bertz CT molecular complexity index is 2990. The number of hydrogen-bond donors (Lipinski definition) is 0. The fourth-order valence-electron chi connectivity index (χ4n) is 4.02. The summed E-state index contributed by atoms with van der Waals surface area (Å²) in [4.78, 5) is 0. The van der Waals surface area contributed by atoms with Gasteiger partial charge in [0.05, 0.1) is 31.5 Å². The summed E-state index contributed by atoms with van der Waals surface area (Å²) in [5.74, 6) is 0. The first-order valence-electron chi connectivity index (χ1n) is 22.1. The van der Waals surface area contributed by atoms with E-state index in [1.54, 1.807) is 0 Å². The van der Waals surface area contributed by atoms with Gasteiger partial charge in [-0.05, 0) is 71.7 Å². The average molecular weight is 480 g/mol. The Labute approximate surface area is 243 Å². The molecule has 0 spiro atoms. The second kappa shape index (κ2) is 8.52. The summed E-state index contributed by atoms with van der Waals surface area (Å²) in [7, 11) is 0. The molecule has 0 radical (unpaired) electrons. The van der Waals surface area contributed by atoms with Crippen molar-refractivity contribution in [1.82, 2.24) is 0 Å². The van der Waals surface area contributed by atoms with Gasteiger partial charge in [-0.2, -0.15) is 0 Å². The Morgan fingerprint density at radius 1 is 0.333 bits per heavy atom. The van der Waals surface area contributed by atoms with Crippen LogP contribution in [0.3, 0.4) is 0 Å². The lowest BCUT2D eigenvalue weighted by Gasteiger charge is -2.18. The molecule has 0 aliphatic rings. The lowest BCUT2D eigenvalue weighted by molar-refractivity contribution is 1.62. The van der Waals surface area contributed by atoms with Gasteiger partial charge in [0, 0.05) is 0 Å². The van der Waals surface area contributed by atoms with Crippen LogP contribution in [0.25, 0.3) is 65.7 Å². The highest BCUT2D eigenvalue weighted by molar-refractivity contribution is 6.21. The molecule has 0 heteroatoms. The van der Waals surface area contributed by atoms with Crippen LogP contribution in [0.1, 0.15) is 31.5 Å². The molecule has 0 amide bonds. The highest BCUT2D eigenvalue weighted by atomic mass is 14.2. The van der Waals surface area contributed by atoms with Gasteiger partial charge in [0.25, 0.3) is 0 Å². The maximum Gasteiger partial charge on any atom is 0.0636 e. The van der Waals surface area contributed by atoms with E-state index in [1.165, 1.54) is 0 Å². The minimum Gasteiger partial charge on any atom is -0.0622 e. The van der Waals surface area contributed by atoms with Crippen LogP contribution in [0.15, 0.2) is 145 Å². The zero-order valence-electron chi connectivity index (χ0n) is 41.1. The molecule has 7 aromatic carbocycles. The van der Waals surface area contributed by atoms with Crippen molar-refractivity contribution in [1.29, 1.82) is 0 Å². The van der Waals surface area contributed by atoms with Gasteiger partial charge in [0.15, 0.2) is 0 Å². The van der Waals surface area contributed by atoms with Gasteiger partial charge >= 0.3 is 0 Å². The Morgan fingerprint density at radius 2 is 0.806 bits per heavy atom. The van der Waals surface area contributed by atoms with E-state index >= 15 is 0 Å². The molecule has 7 rings (SSSR count). The van der Waals surface area contributed by atoms with Crippen LogP contribution in [0.2, 0.25) is 0 Å². The first-order chi connectivity index (χ1) is 27.4. The van der Waals surface area contributed by atoms with Crippen molar-refractivity contribution < 1.29 is 31.5 Å². The van der Waals surface area contributed by atoms with E-state index in [0.717, 1.165) is 6.07 Å². The van der Waals surface area contributed by atoms with Crippen LogP contribution < -0.4 is 0 Å². The topological polar surface area (TPSA) is 0 Å². The van der Waals surface area contributed by atoms with E-state index in [1.807, 2.05) is 0 Å². The van der Waals surface area contributed by atoms with E-state index in [9.17, 15) is 5.48 Å². The minimum absolute atomic E-state index is 0.264. The molecule has 0 saturated carbocycles. The molecule has 7 aromatic rings. The largest absolute Gasteiger partial charge is 0.0636 e. The second-order valence-corrected chi connectivity index (χ2v) is 7.58. The third-order valence-electron chi connectivity index (χ3n) is 5.57. The van der Waals surface area contributed by atoms with Crippen molar-refractivity contribution in [2.45, 2.75) is 0 Å². The van der Waals surface area contributed by atoms with Crippen LogP contribution in [0, 0.1) is 0 Å². The van der Waals surface area contributed by atoms with E-state index in [-0.39, 0.29) is 10.8 Å². The normalized spacial score (nSPS) is 20.3. The SMILES string of the molecule is [2H]c1cc2c([2H])c(-c3c([2H])c([2H])c(-c4c5c([2H])c([2H])c([2H])c([2H])c5c(-c5c([2H])c([2H])c([2H])c([2H])c5[2H])c5c([2H])c([2H])c([2H])c([2H])c45)c([2H])c3[2H])c([2H])c([2H])c2c([2H])c1[2H]. The third-order valence-corrected chi connectivity index (χ3v) is 5.57. The Balaban J connectivity index is 1.78. The summed E-state index contributed by atoms with van der Waals surface area (Å²) in [6, 6.07) is -18.5. The lowest BCUT2D eigenvalue weighted by Crippen LogP contribution is -1.90. The number of rotatable bonds is 3. The summed E-state index contributed by atoms with van der Waals surface area (Å²) in [5.41, 5.74) is -4.05. The molecule has 0 fully saturated rings. The lowest BCUT2D eigenvalue weighted by atomic mass is 9.86. The molecule has 0 saturated heterocycles. The molecular formula is C36H24. The zero-order chi connectivity index (χ0) is 43.9. The van der Waals surface area contributed by atoms with Gasteiger partial charge in [-0.3, -0.25) is 0 Å². The van der Waals surface area contributed by atoms with Crippen molar-refractivity contribution in [2.24, 2.45) is 0 Å². The predicted octanol–water partition coefficient (Wildman–Crippen LogP) is 10.1. The van der Waals surface area contributed by atoms with Gasteiger partial charge in [-0.15, -0.1) is 0 Å². The van der Waals surface area contributed by atoms with E-state index in [4.69, 9.17) is 26.0 Å². The second-order valence-electron chi connectivity index (χ2n) is 7.58. The Hall–Kier alpha value is -4.68. The smallest absolute Gasteiger partial charge is 0.0622 e. The van der Waals surface area contributed by atoms with Gasteiger partial charge in [0.1, 0.15) is 0 Å². The molecule has 0 aromatic heterocycles. The predicted molar refractivity (Wildman–Crippen MR) is 155 cm³/mol. The Kier molecular flexibility index (Phi) is 1.87. The van der Waals surface area contributed by atoms with Gasteiger partial charge < -0.3 is 0 Å². The van der Waals surface area contributed by atoms with Crippen molar-refractivity contribution in [3.05, 3.63) is 145 Å². The monoisotopic (exact) mass is 479 g/mol. The Morgan fingerprint density at radius 3 is 1.42 bits per heavy atom. The van der Waals surface area contributed by atoms with Gasteiger partial charge in [0.2, 0.25) is 0 Å². The number of fused-ring (bicyclic) bond motifs is 3. The van der Waals surface area contributed by atoms with E-state index in [0.29, 0.717) is 0 Å². The summed E-state index contributed by atoms with van der Waals surface area (Å²) in [5, 5.41) is -3.17. The fourth-order valence-corrected chi connectivity index (χ4v) is 4.02. The molecule has 0 aliphatic carbocycles. The molecule has 0 aliphatic heterocycles. The third kappa shape index (κ3) is 3.39. The minimum atomic E-state index is -0.992. The van der Waals surface area contributed by atoms with Gasteiger partial charge in [-0.25, -0.2) is 0 Å². The molecule has 0 heterocycles. The summed E-state index contributed by atoms with van der Waals surface area (Å²) in [6.45, 7) is 0. The molecule has 0 atom stereocenters. The molecule has 0 N–H and O–H groups in total. The van der Waals surface area contributed by atoms with E-state index in [2.05, 4.69) is 0 Å². The summed E-state index contributed by atoms with van der Waals surface area (Å²) < 4.78 is 201. The molecule has 168 valence electrons. The molecular weight excluding hydrogens is 432 g/mol. The van der Waals surface area contributed by atoms with Crippen molar-refractivity contribution in [3.63, 3.8) is 0 Å². The van der Waals surface area contributed by atoms with Crippen molar-refractivity contribution in [2.75, 3.05) is 0 Å². The number of hydrogen-bond acceptors (Lipinski definition) is 0. The van der Waals surface area contributed by atoms with Crippen molar-refractivity contribution in [3.8, 4) is 33.4 Å². The molecule has 0 bridgehead atoms. The molecule has 36 heavy (non-hydrogen) atoms. The van der Waals surface area contributed by atoms with E-state index < -0.39 is 194 Å². The average Bonchev–Trinajstić information content (AvgIpc) is 3.20. The van der Waals surface area contributed by atoms with Crippen LogP contribution in [0.4, 0.5) is 0 Å². The van der Waals surface area contributed by atoms with Crippen LogP contribution in [-0.4, -0.2) is 0 Å². The van der Waals surface area contributed by atoms with Crippen molar-refractivity contribution >= 4 is 32.3 Å². The maximum atomic E-state index is 9.31. The fraction of sp³-hybridized carbons (Fsp3) is 0. The standard InChI is InChI=1S/C36H24/c1-2-11-27(12-3-1)35-31-14-6-8-16-33(31)36(34-17-9-7-15-32(34)35)28-21-18-26(19-22-28)30-23-20-25-10-4-5-13-29(25)24-30/h1-24H/i1D,2D,3D,4D,5D,6D,7D,8D,9D,10D,11D,12D,14D,15D,16D,17D,18D,19D,20D,21D,22D,23D,24D. The molecule has 0 nitrogen and oxygen atoms in total. The van der Waals surface area contributed by atoms with Crippen LogP contribution in [-0.2, 0) is 0 Å². The quantitative estimate of drug-likeness (QED) is 0.221. The summed E-state index contributed by atoms with van der Waals surface area (Å²) >= 11 is 0. The maximum absolute atomic E-state index is 9.31. The summed E-state index contributed by atoms with van der Waals surface area (Å²) in [6.07, 6.45) is 0. The van der Waals surface area contributed by atoms with Crippen LogP contribution in [0.5, 0.6) is 0 Å².